The number of aromatic nitrogens is 2. The molecule has 0 unspecified atom stereocenters. The zero-order chi connectivity index (χ0) is 20.9. The van der Waals surface area contributed by atoms with Gasteiger partial charge < -0.3 is 9.80 Å². The van der Waals surface area contributed by atoms with Crippen molar-refractivity contribution >= 4 is 11.8 Å². The molecule has 2 aliphatic heterocycles. The lowest BCUT2D eigenvalue weighted by molar-refractivity contribution is -0.142. The summed E-state index contributed by atoms with van der Waals surface area (Å²) in [5.74, 6) is 0.0917. The number of rotatable bonds is 3. The van der Waals surface area contributed by atoms with Crippen LogP contribution in [0.5, 0.6) is 0 Å². The van der Waals surface area contributed by atoms with Crippen molar-refractivity contribution in [3.05, 3.63) is 60.2 Å². The first kappa shape index (κ1) is 19.2. The molecule has 2 aromatic rings. The number of benzene rings is 1. The summed E-state index contributed by atoms with van der Waals surface area (Å²) in [4.78, 5) is 39.0. The third-order valence-corrected chi connectivity index (χ3v) is 7.64. The van der Waals surface area contributed by atoms with E-state index in [0.29, 0.717) is 5.69 Å². The number of piperidine rings is 1. The van der Waals surface area contributed by atoms with E-state index in [-0.39, 0.29) is 41.4 Å². The molecule has 1 aromatic heterocycles. The molecule has 0 radical (unpaired) electrons. The van der Waals surface area contributed by atoms with Crippen molar-refractivity contribution in [2.75, 3.05) is 0 Å². The quantitative estimate of drug-likeness (QED) is 0.789. The Morgan fingerprint density at radius 1 is 1.10 bits per heavy atom. The second-order valence-corrected chi connectivity index (χ2v) is 9.23. The Bertz CT molecular complexity index is 950. The number of hydrogen-bond acceptors (Lipinski definition) is 4. The van der Waals surface area contributed by atoms with Crippen LogP contribution in [0.2, 0.25) is 0 Å². The van der Waals surface area contributed by atoms with Crippen LogP contribution in [0.15, 0.2) is 48.9 Å². The zero-order valence-corrected chi connectivity index (χ0v) is 17.6. The smallest absolute Gasteiger partial charge is 0.273 e. The van der Waals surface area contributed by atoms with Gasteiger partial charge in [0.05, 0.1) is 12.1 Å². The first-order chi connectivity index (χ1) is 14.5. The number of fused-ring (bicyclic) bond motifs is 1. The van der Waals surface area contributed by atoms with Crippen LogP contribution in [-0.2, 0) is 11.2 Å². The van der Waals surface area contributed by atoms with Crippen molar-refractivity contribution in [2.24, 2.45) is 5.41 Å². The van der Waals surface area contributed by atoms with Gasteiger partial charge in [0.1, 0.15) is 12.0 Å². The Kier molecular flexibility index (Phi) is 4.60. The Balaban J connectivity index is 1.59. The molecule has 0 N–H and O–H groups in total. The van der Waals surface area contributed by atoms with Gasteiger partial charge in [-0.1, -0.05) is 37.3 Å². The number of likely N-dealkylation sites (tertiary alicyclic amines) is 2. The van der Waals surface area contributed by atoms with Crippen molar-refractivity contribution in [2.45, 2.75) is 70.1 Å². The lowest BCUT2D eigenvalue weighted by Crippen LogP contribution is -2.62. The normalized spacial score (nSPS) is 32.2. The molecule has 2 amide bonds. The van der Waals surface area contributed by atoms with E-state index >= 15 is 0 Å². The molecule has 2 saturated heterocycles. The molecule has 1 aromatic carbocycles. The predicted molar refractivity (Wildman–Crippen MR) is 113 cm³/mol. The summed E-state index contributed by atoms with van der Waals surface area (Å²) in [6, 6.07) is 12.3. The molecule has 3 aliphatic rings. The lowest BCUT2D eigenvalue weighted by Gasteiger charge is -2.52. The van der Waals surface area contributed by atoms with Crippen molar-refractivity contribution in [1.82, 2.24) is 19.8 Å². The van der Waals surface area contributed by atoms with E-state index < -0.39 is 0 Å². The fraction of sp³-hybridized carbons (Fsp3) is 0.500. The average Bonchev–Trinajstić information content (AvgIpc) is 3.07. The van der Waals surface area contributed by atoms with Crippen LogP contribution < -0.4 is 0 Å². The standard InChI is InChI=1S/C24H28N4O2/c1-16(29)27-19(13-17-7-4-3-5-8-17)20-14-24(2)21(27)9-6-10-22(24)28(20)23(30)18-11-12-25-15-26-18/h3-5,7-8,11-12,15,19-22H,6,9-10,13-14H2,1-2H3/t19-,20-,21+,22-,24+/m0/s1. The van der Waals surface area contributed by atoms with E-state index in [9.17, 15) is 9.59 Å². The van der Waals surface area contributed by atoms with E-state index in [1.54, 1.807) is 19.2 Å². The lowest BCUT2D eigenvalue weighted by atomic mass is 9.64. The number of amides is 2. The highest BCUT2D eigenvalue weighted by Crippen LogP contribution is 2.56. The Morgan fingerprint density at radius 2 is 1.83 bits per heavy atom. The first-order valence-corrected chi connectivity index (χ1v) is 10.9. The monoisotopic (exact) mass is 404 g/mol. The molecule has 6 heteroatoms. The van der Waals surface area contributed by atoms with Gasteiger partial charge in [0.15, 0.2) is 0 Å². The van der Waals surface area contributed by atoms with Crippen LogP contribution in [0, 0.1) is 5.41 Å². The average molecular weight is 405 g/mol. The molecule has 156 valence electrons. The largest absolute Gasteiger partial charge is 0.334 e. The van der Waals surface area contributed by atoms with Gasteiger partial charge in [-0.05, 0) is 43.7 Å². The third-order valence-electron chi connectivity index (χ3n) is 7.64. The predicted octanol–water partition coefficient (Wildman–Crippen LogP) is 3.09. The second kappa shape index (κ2) is 7.18. The van der Waals surface area contributed by atoms with E-state index in [2.05, 4.69) is 38.8 Å². The topological polar surface area (TPSA) is 66.4 Å². The zero-order valence-electron chi connectivity index (χ0n) is 17.6. The van der Waals surface area contributed by atoms with Crippen LogP contribution >= 0.6 is 0 Å². The van der Waals surface area contributed by atoms with Crippen LogP contribution in [0.4, 0.5) is 0 Å². The maximum Gasteiger partial charge on any atom is 0.273 e. The molecule has 3 heterocycles. The van der Waals surface area contributed by atoms with Crippen molar-refractivity contribution in [3.8, 4) is 0 Å². The molecule has 1 saturated carbocycles. The molecule has 6 nitrogen and oxygen atoms in total. The van der Waals surface area contributed by atoms with Crippen LogP contribution in [0.25, 0.3) is 0 Å². The fourth-order valence-electron chi connectivity index (χ4n) is 6.47. The van der Waals surface area contributed by atoms with Gasteiger partial charge >= 0.3 is 0 Å². The van der Waals surface area contributed by atoms with Crippen molar-refractivity contribution in [1.29, 1.82) is 0 Å². The maximum absolute atomic E-state index is 13.6. The number of carbonyl (C=O) groups is 2. The van der Waals surface area contributed by atoms with Gasteiger partial charge in [0.25, 0.3) is 5.91 Å². The summed E-state index contributed by atoms with van der Waals surface area (Å²) >= 11 is 0. The first-order valence-electron chi connectivity index (χ1n) is 10.9. The summed E-state index contributed by atoms with van der Waals surface area (Å²) in [6.07, 6.45) is 7.80. The number of carbonyl (C=O) groups excluding carboxylic acids is 2. The minimum atomic E-state index is -0.0650. The second-order valence-electron chi connectivity index (χ2n) is 9.23. The highest BCUT2D eigenvalue weighted by molar-refractivity contribution is 5.93. The van der Waals surface area contributed by atoms with Crippen molar-refractivity contribution < 1.29 is 9.59 Å². The highest BCUT2D eigenvalue weighted by atomic mass is 16.2. The van der Waals surface area contributed by atoms with Gasteiger partial charge in [0, 0.05) is 30.6 Å². The maximum atomic E-state index is 13.6. The molecule has 5 rings (SSSR count). The highest BCUT2D eigenvalue weighted by Gasteiger charge is 2.64. The van der Waals surface area contributed by atoms with E-state index in [0.717, 1.165) is 32.1 Å². The molecular formula is C24H28N4O2. The van der Waals surface area contributed by atoms with Crippen LogP contribution in [-0.4, -0.2) is 55.7 Å². The van der Waals surface area contributed by atoms with Crippen LogP contribution in [0.1, 0.15) is 55.6 Å². The molecule has 3 fully saturated rings. The minimum Gasteiger partial charge on any atom is -0.334 e. The third kappa shape index (κ3) is 2.84. The van der Waals surface area contributed by atoms with Crippen LogP contribution in [0.3, 0.4) is 0 Å². The van der Waals surface area contributed by atoms with Gasteiger partial charge in [-0.15, -0.1) is 0 Å². The molecule has 1 aliphatic carbocycles. The van der Waals surface area contributed by atoms with E-state index in [1.165, 1.54) is 11.9 Å². The molecule has 30 heavy (non-hydrogen) atoms. The molecule has 5 atom stereocenters. The Morgan fingerprint density at radius 3 is 2.50 bits per heavy atom. The summed E-state index contributed by atoms with van der Waals surface area (Å²) < 4.78 is 0. The SMILES string of the molecule is CC(=O)N1[C@@H](Cc2ccccc2)[C@@H]2C[C@@]3(C)[C@H](CCC[C@@H]13)N2C(=O)c1ccncn1. The Hall–Kier alpha value is -2.76. The van der Waals surface area contributed by atoms with Gasteiger partial charge in [0.2, 0.25) is 5.91 Å². The molecule has 0 spiro atoms. The van der Waals surface area contributed by atoms with E-state index in [4.69, 9.17) is 0 Å². The van der Waals surface area contributed by atoms with Crippen molar-refractivity contribution in [3.63, 3.8) is 0 Å². The summed E-state index contributed by atoms with van der Waals surface area (Å²) in [5.41, 5.74) is 1.58. The summed E-state index contributed by atoms with van der Waals surface area (Å²) in [7, 11) is 0. The van der Waals surface area contributed by atoms with Gasteiger partial charge in [-0.25, -0.2) is 9.97 Å². The van der Waals surface area contributed by atoms with E-state index in [1.807, 2.05) is 18.2 Å². The Labute approximate surface area is 177 Å². The summed E-state index contributed by atoms with van der Waals surface area (Å²) in [6.45, 7) is 3.97. The fourth-order valence-corrected chi connectivity index (χ4v) is 6.47. The van der Waals surface area contributed by atoms with Gasteiger partial charge in [-0.2, -0.15) is 0 Å². The molecular weight excluding hydrogens is 376 g/mol. The minimum absolute atomic E-state index is 0.000853. The molecule has 2 bridgehead atoms. The number of nitrogens with zero attached hydrogens (tertiary/aromatic N) is 4. The summed E-state index contributed by atoms with van der Waals surface area (Å²) in [5, 5.41) is 0. The number of hydrogen-bond donors (Lipinski definition) is 0. The van der Waals surface area contributed by atoms with Gasteiger partial charge in [-0.3, -0.25) is 9.59 Å².